The predicted octanol–water partition coefficient (Wildman–Crippen LogP) is 0.745. The zero-order valence-electron chi connectivity index (χ0n) is 9.44. The van der Waals surface area contributed by atoms with E-state index < -0.39 is 10.0 Å². The first-order valence-corrected chi connectivity index (χ1v) is 6.49. The van der Waals surface area contributed by atoms with Crippen LogP contribution in [0.25, 0.3) is 10.9 Å². The maximum Gasteiger partial charge on any atom is 0.248 e. The van der Waals surface area contributed by atoms with E-state index in [0.29, 0.717) is 5.52 Å². The lowest BCUT2D eigenvalue weighted by molar-refractivity contribution is 0.588. The highest BCUT2D eigenvalue weighted by Gasteiger charge is 2.12. The van der Waals surface area contributed by atoms with E-state index in [1.165, 1.54) is 19.2 Å². The van der Waals surface area contributed by atoms with E-state index in [2.05, 4.69) is 9.71 Å². The molecule has 0 aliphatic heterocycles. The molecule has 0 unspecified atom stereocenters. The molecule has 0 spiro atoms. The van der Waals surface area contributed by atoms with Crippen LogP contribution in [0, 0.1) is 6.92 Å². The molecule has 0 amide bonds. The van der Waals surface area contributed by atoms with E-state index in [-0.39, 0.29) is 10.5 Å². The molecule has 1 aromatic heterocycles. The molecule has 6 heteroatoms. The Balaban J connectivity index is 2.79. The lowest BCUT2D eigenvalue weighted by Crippen LogP contribution is -2.18. The van der Waals surface area contributed by atoms with Gasteiger partial charge in [0.2, 0.25) is 15.6 Å². The van der Waals surface area contributed by atoms with Gasteiger partial charge in [-0.3, -0.25) is 4.79 Å². The highest BCUT2D eigenvalue weighted by Crippen LogP contribution is 2.19. The van der Waals surface area contributed by atoms with Crippen molar-refractivity contribution in [2.24, 2.45) is 0 Å². The molecule has 2 rings (SSSR count). The summed E-state index contributed by atoms with van der Waals surface area (Å²) in [6, 6.07) is 6.04. The fourth-order valence-corrected chi connectivity index (χ4v) is 2.44. The quantitative estimate of drug-likeness (QED) is 0.827. The molecule has 5 nitrogen and oxygen atoms in total. The summed E-state index contributed by atoms with van der Waals surface area (Å²) in [5.74, 6) is 0. The maximum atomic E-state index is 11.6. The maximum absolute atomic E-state index is 11.6. The number of rotatable bonds is 2. The van der Waals surface area contributed by atoms with Crippen molar-refractivity contribution in [3.8, 4) is 0 Å². The predicted molar refractivity (Wildman–Crippen MR) is 65.6 cm³/mol. The number of aromatic nitrogens is 1. The van der Waals surface area contributed by atoms with Crippen LogP contribution < -0.4 is 10.3 Å². The molecule has 0 saturated heterocycles. The number of fused-ring (bicyclic) bond motifs is 1. The first kappa shape index (κ1) is 11.8. The lowest BCUT2D eigenvalue weighted by atomic mass is 10.1. The van der Waals surface area contributed by atoms with Gasteiger partial charge in [-0.2, -0.15) is 0 Å². The summed E-state index contributed by atoms with van der Waals surface area (Å²) >= 11 is 0. The second-order valence-corrected chi connectivity index (χ2v) is 5.62. The van der Waals surface area contributed by atoms with Gasteiger partial charge in [-0.05, 0) is 37.7 Å². The zero-order chi connectivity index (χ0) is 12.6. The number of hydrogen-bond donors (Lipinski definition) is 2. The van der Waals surface area contributed by atoms with Gasteiger partial charge in [0, 0.05) is 17.0 Å². The molecule has 0 bridgehead atoms. The SMILES string of the molecule is CNS(=O)(=O)c1ccc2[nH]c(=O)cc(C)c2c1. The van der Waals surface area contributed by atoms with Crippen LogP contribution in [-0.4, -0.2) is 20.4 Å². The van der Waals surface area contributed by atoms with E-state index in [1.807, 2.05) is 0 Å². The van der Waals surface area contributed by atoms with Crippen LogP contribution in [0.5, 0.6) is 0 Å². The van der Waals surface area contributed by atoms with Crippen molar-refractivity contribution in [1.29, 1.82) is 0 Å². The van der Waals surface area contributed by atoms with Crippen molar-refractivity contribution in [2.75, 3.05) is 7.05 Å². The van der Waals surface area contributed by atoms with Gasteiger partial charge in [0.1, 0.15) is 0 Å². The Bertz CT molecular complexity index is 732. The lowest BCUT2D eigenvalue weighted by Gasteiger charge is -2.05. The van der Waals surface area contributed by atoms with Gasteiger partial charge in [0.15, 0.2) is 0 Å². The average Bonchev–Trinajstić information content (AvgIpc) is 2.28. The molecular weight excluding hydrogens is 240 g/mol. The molecular formula is C11H12N2O3S. The standard InChI is InChI=1S/C11H12N2O3S/c1-7-5-11(14)13-10-4-3-8(6-9(7)10)17(15,16)12-2/h3-6,12H,1-2H3,(H,13,14). The third kappa shape index (κ3) is 2.09. The van der Waals surface area contributed by atoms with Crippen LogP contribution >= 0.6 is 0 Å². The molecule has 2 aromatic rings. The summed E-state index contributed by atoms with van der Waals surface area (Å²) in [7, 11) is -2.10. The summed E-state index contributed by atoms with van der Waals surface area (Å²) in [6.45, 7) is 1.77. The number of nitrogens with one attached hydrogen (secondary N) is 2. The van der Waals surface area contributed by atoms with Crippen molar-refractivity contribution < 1.29 is 8.42 Å². The van der Waals surface area contributed by atoms with Crippen molar-refractivity contribution in [1.82, 2.24) is 9.71 Å². The minimum atomic E-state index is -3.46. The summed E-state index contributed by atoms with van der Waals surface area (Å²) in [6.07, 6.45) is 0. The van der Waals surface area contributed by atoms with Crippen LogP contribution in [0.2, 0.25) is 0 Å². The Labute approximate surface area is 98.5 Å². The summed E-state index contributed by atoms with van der Waals surface area (Å²) in [5.41, 5.74) is 1.18. The molecule has 1 heterocycles. The monoisotopic (exact) mass is 252 g/mol. The first-order valence-electron chi connectivity index (χ1n) is 5.01. The summed E-state index contributed by atoms with van der Waals surface area (Å²) in [5, 5.41) is 0.723. The molecule has 0 aliphatic rings. The Morgan fingerprint density at radius 3 is 2.59 bits per heavy atom. The van der Waals surface area contributed by atoms with Gasteiger partial charge in [-0.15, -0.1) is 0 Å². The van der Waals surface area contributed by atoms with Crippen LogP contribution in [0.4, 0.5) is 0 Å². The summed E-state index contributed by atoms with van der Waals surface area (Å²) in [4.78, 5) is 14.1. The molecule has 0 aliphatic carbocycles. The van der Waals surface area contributed by atoms with Gasteiger partial charge in [0.25, 0.3) is 0 Å². The van der Waals surface area contributed by atoms with E-state index in [0.717, 1.165) is 10.9 Å². The van der Waals surface area contributed by atoms with Crippen LogP contribution in [0.3, 0.4) is 0 Å². The molecule has 90 valence electrons. The van der Waals surface area contributed by atoms with Gasteiger partial charge >= 0.3 is 0 Å². The number of sulfonamides is 1. The number of aromatic amines is 1. The molecule has 17 heavy (non-hydrogen) atoms. The normalized spacial score (nSPS) is 11.9. The zero-order valence-corrected chi connectivity index (χ0v) is 10.3. The van der Waals surface area contributed by atoms with E-state index in [9.17, 15) is 13.2 Å². The minimum Gasteiger partial charge on any atom is -0.322 e. The smallest absolute Gasteiger partial charge is 0.248 e. The second kappa shape index (κ2) is 3.97. The van der Waals surface area contributed by atoms with Gasteiger partial charge in [-0.1, -0.05) is 0 Å². The molecule has 0 fully saturated rings. The van der Waals surface area contributed by atoms with Gasteiger partial charge in [0.05, 0.1) is 4.90 Å². The molecule has 2 N–H and O–H groups in total. The third-order valence-electron chi connectivity index (χ3n) is 2.60. The largest absolute Gasteiger partial charge is 0.322 e. The second-order valence-electron chi connectivity index (χ2n) is 3.73. The van der Waals surface area contributed by atoms with Crippen molar-refractivity contribution in [3.05, 3.63) is 40.2 Å². The average molecular weight is 252 g/mol. The number of benzene rings is 1. The van der Waals surface area contributed by atoms with Crippen molar-refractivity contribution in [2.45, 2.75) is 11.8 Å². The fourth-order valence-electron chi connectivity index (χ4n) is 1.69. The fraction of sp³-hybridized carbons (Fsp3) is 0.182. The van der Waals surface area contributed by atoms with Crippen LogP contribution in [0.1, 0.15) is 5.56 Å². The topological polar surface area (TPSA) is 79.0 Å². The Morgan fingerprint density at radius 1 is 1.24 bits per heavy atom. The number of pyridine rings is 1. The Hall–Kier alpha value is -1.66. The highest BCUT2D eigenvalue weighted by atomic mass is 32.2. The van der Waals surface area contributed by atoms with E-state index in [1.54, 1.807) is 19.1 Å². The molecule has 0 radical (unpaired) electrons. The van der Waals surface area contributed by atoms with Crippen molar-refractivity contribution >= 4 is 20.9 Å². The van der Waals surface area contributed by atoms with Crippen molar-refractivity contribution in [3.63, 3.8) is 0 Å². The summed E-state index contributed by atoms with van der Waals surface area (Å²) < 4.78 is 25.5. The number of aryl methyl sites for hydroxylation is 1. The van der Waals surface area contributed by atoms with E-state index >= 15 is 0 Å². The Morgan fingerprint density at radius 2 is 1.94 bits per heavy atom. The van der Waals surface area contributed by atoms with Gasteiger partial charge < -0.3 is 4.98 Å². The Kier molecular flexibility index (Phi) is 2.76. The van der Waals surface area contributed by atoms with Crippen LogP contribution in [0.15, 0.2) is 34.0 Å². The first-order chi connectivity index (χ1) is 7.94. The van der Waals surface area contributed by atoms with E-state index in [4.69, 9.17) is 0 Å². The molecule has 1 aromatic carbocycles. The molecule has 0 saturated carbocycles. The molecule has 0 atom stereocenters. The number of hydrogen-bond acceptors (Lipinski definition) is 3. The highest BCUT2D eigenvalue weighted by molar-refractivity contribution is 7.89. The minimum absolute atomic E-state index is 0.183. The van der Waals surface area contributed by atoms with Gasteiger partial charge in [-0.25, -0.2) is 13.1 Å². The number of H-pyrrole nitrogens is 1. The van der Waals surface area contributed by atoms with Crippen LogP contribution in [-0.2, 0) is 10.0 Å². The third-order valence-corrected chi connectivity index (χ3v) is 4.01.